The highest BCUT2D eigenvalue weighted by Gasteiger charge is 2.21. The molecule has 0 aliphatic carbocycles. The number of hydrogen-bond donors (Lipinski definition) is 1. The number of ether oxygens (including phenoxy) is 1. The molecule has 0 saturated carbocycles. The second-order valence-corrected chi connectivity index (χ2v) is 7.55. The summed E-state index contributed by atoms with van der Waals surface area (Å²) < 4.78 is 28.1. The SMILES string of the molecule is CC(C)(CCOc1ccc(S(C)(=O)=O)cc1)C(N)=S. The minimum absolute atomic E-state index is 0.248. The lowest BCUT2D eigenvalue weighted by Gasteiger charge is -2.22. The van der Waals surface area contributed by atoms with Gasteiger partial charge in [-0.2, -0.15) is 0 Å². The van der Waals surface area contributed by atoms with Crippen LogP contribution >= 0.6 is 12.2 Å². The van der Waals surface area contributed by atoms with E-state index < -0.39 is 9.84 Å². The fourth-order valence-electron chi connectivity index (χ4n) is 1.33. The number of benzene rings is 1. The predicted octanol–water partition coefficient (Wildman–Crippen LogP) is 2.17. The van der Waals surface area contributed by atoms with Gasteiger partial charge in [0.25, 0.3) is 0 Å². The van der Waals surface area contributed by atoms with E-state index in [2.05, 4.69) is 0 Å². The molecule has 0 atom stereocenters. The Hall–Kier alpha value is -1.14. The molecule has 0 aliphatic rings. The third-order valence-electron chi connectivity index (χ3n) is 2.91. The quantitative estimate of drug-likeness (QED) is 0.816. The van der Waals surface area contributed by atoms with Crippen LogP contribution in [0.1, 0.15) is 20.3 Å². The fraction of sp³-hybridized carbons (Fsp3) is 0.462. The number of thiocarbonyl (C=S) groups is 1. The molecule has 0 saturated heterocycles. The molecule has 0 fully saturated rings. The van der Waals surface area contributed by atoms with E-state index in [0.717, 1.165) is 0 Å². The Labute approximate surface area is 119 Å². The first-order chi connectivity index (χ1) is 8.63. The second kappa shape index (κ2) is 5.88. The van der Waals surface area contributed by atoms with E-state index in [1.54, 1.807) is 12.1 Å². The van der Waals surface area contributed by atoms with Gasteiger partial charge in [-0.05, 0) is 30.7 Å². The van der Waals surface area contributed by atoms with Gasteiger partial charge in [-0.15, -0.1) is 0 Å². The lowest BCUT2D eigenvalue weighted by Crippen LogP contribution is -2.31. The van der Waals surface area contributed by atoms with Crippen LogP contribution in [0.15, 0.2) is 29.2 Å². The van der Waals surface area contributed by atoms with Crippen LogP contribution in [-0.4, -0.2) is 26.3 Å². The van der Waals surface area contributed by atoms with Crippen molar-refractivity contribution in [3.8, 4) is 5.75 Å². The first-order valence-electron chi connectivity index (χ1n) is 5.86. The summed E-state index contributed by atoms with van der Waals surface area (Å²) >= 11 is 4.98. The van der Waals surface area contributed by atoms with Gasteiger partial charge in [0.2, 0.25) is 0 Å². The molecule has 0 heterocycles. The molecule has 19 heavy (non-hydrogen) atoms. The molecule has 1 rings (SSSR count). The van der Waals surface area contributed by atoms with Crippen LogP contribution in [0, 0.1) is 5.41 Å². The van der Waals surface area contributed by atoms with Crippen LogP contribution in [0.4, 0.5) is 0 Å². The van der Waals surface area contributed by atoms with Crippen LogP contribution in [0.5, 0.6) is 5.75 Å². The summed E-state index contributed by atoms with van der Waals surface area (Å²) in [6.07, 6.45) is 1.88. The van der Waals surface area contributed by atoms with Gasteiger partial charge < -0.3 is 10.5 Å². The molecule has 0 radical (unpaired) electrons. The molecule has 0 amide bonds. The van der Waals surface area contributed by atoms with E-state index in [4.69, 9.17) is 22.7 Å². The zero-order valence-corrected chi connectivity index (χ0v) is 13.0. The smallest absolute Gasteiger partial charge is 0.175 e. The third kappa shape index (κ3) is 4.80. The molecule has 1 aromatic rings. The highest BCUT2D eigenvalue weighted by atomic mass is 32.2. The van der Waals surface area contributed by atoms with Crippen molar-refractivity contribution in [3.05, 3.63) is 24.3 Å². The minimum Gasteiger partial charge on any atom is -0.494 e. The Balaban J connectivity index is 2.59. The summed E-state index contributed by atoms with van der Waals surface area (Å²) in [6.45, 7) is 4.40. The molecule has 6 heteroatoms. The van der Waals surface area contributed by atoms with Gasteiger partial charge in [-0.3, -0.25) is 0 Å². The van der Waals surface area contributed by atoms with Crippen molar-refractivity contribution in [2.75, 3.05) is 12.9 Å². The lowest BCUT2D eigenvalue weighted by molar-refractivity contribution is 0.270. The molecular weight excluding hydrogens is 282 g/mol. The van der Waals surface area contributed by atoms with Crippen LogP contribution in [0.2, 0.25) is 0 Å². The minimum atomic E-state index is -3.16. The van der Waals surface area contributed by atoms with Crippen molar-refractivity contribution in [3.63, 3.8) is 0 Å². The fourth-order valence-corrected chi connectivity index (χ4v) is 2.06. The first kappa shape index (κ1) is 15.9. The van der Waals surface area contributed by atoms with Gasteiger partial charge in [0.1, 0.15) is 5.75 Å². The average molecular weight is 301 g/mol. The van der Waals surface area contributed by atoms with Gasteiger partial charge in [0.15, 0.2) is 9.84 Å². The van der Waals surface area contributed by atoms with Crippen molar-refractivity contribution in [2.45, 2.75) is 25.2 Å². The van der Waals surface area contributed by atoms with Crippen molar-refractivity contribution in [1.29, 1.82) is 0 Å². The average Bonchev–Trinajstić information content (AvgIpc) is 2.28. The van der Waals surface area contributed by atoms with Gasteiger partial charge in [0.05, 0.1) is 16.5 Å². The molecule has 106 valence electrons. The summed E-state index contributed by atoms with van der Waals surface area (Å²) in [5.74, 6) is 0.631. The van der Waals surface area contributed by atoms with Gasteiger partial charge >= 0.3 is 0 Å². The lowest BCUT2D eigenvalue weighted by atomic mass is 9.90. The Morgan fingerprint density at radius 3 is 2.26 bits per heavy atom. The summed E-state index contributed by atoms with van der Waals surface area (Å²) in [7, 11) is -3.16. The maximum atomic E-state index is 11.3. The standard InChI is InChI=1S/C13H19NO3S2/c1-13(2,12(14)18)8-9-17-10-4-6-11(7-5-10)19(3,15)16/h4-7H,8-9H2,1-3H3,(H2,14,18). The van der Waals surface area contributed by atoms with Gasteiger partial charge in [-0.25, -0.2) is 8.42 Å². The van der Waals surface area contributed by atoms with E-state index in [1.165, 1.54) is 18.4 Å². The predicted molar refractivity (Wildman–Crippen MR) is 80.2 cm³/mol. The molecule has 0 aromatic heterocycles. The van der Waals surface area contributed by atoms with Crippen molar-refractivity contribution in [1.82, 2.24) is 0 Å². The van der Waals surface area contributed by atoms with E-state index in [0.29, 0.717) is 23.8 Å². The Bertz CT molecular complexity index is 548. The summed E-state index contributed by atoms with van der Waals surface area (Å²) in [4.78, 5) is 0.742. The van der Waals surface area contributed by atoms with Crippen molar-refractivity contribution >= 4 is 27.0 Å². The molecule has 0 unspecified atom stereocenters. The van der Waals surface area contributed by atoms with Gasteiger partial charge in [0, 0.05) is 11.7 Å². The molecule has 2 N–H and O–H groups in total. The zero-order chi connectivity index (χ0) is 14.7. The van der Waals surface area contributed by atoms with Crippen molar-refractivity contribution < 1.29 is 13.2 Å². The van der Waals surface area contributed by atoms with Crippen LogP contribution in [-0.2, 0) is 9.84 Å². The molecule has 4 nitrogen and oxygen atoms in total. The highest BCUT2D eigenvalue weighted by Crippen LogP contribution is 2.22. The maximum Gasteiger partial charge on any atom is 0.175 e. The second-order valence-electron chi connectivity index (χ2n) is 5.09. The third-order valence-corrected chi connectivity index (χ3v) is 4.60. The van der Waals surface area contributed by atoms with Crippen LogP contribution in [0.25, 0.3) is 0 Å². The molecule has 0 spiro atoms. The normalized spacial score (nSPS) is 12.2. The molecular formula is C13H19NO3S2. The zero-order valence-electron chi connectivity index (χ0n) is 11.3. The Morgan fingerprint density at radius 2 is 1.84 bits per heavy atom. The topological polar surface area (TPSA) is 69.4 Å². The van der Waals surface area contributed by atoms with E-state index in [-0.39, 0.29) is 10.3 Å². The van der Waals surface area contributed by atoms with E-state index in [1.807, 2.05) is 13.8 Å². The van der Waals surface area contributed by atoms with Crippen LogP contribution < -0.4 is 10.5 Å². The highest BCUT2D eigenvalue weighted by molar-refractivity contribution is 7.90. The Morgan fingerprint density at radius 1 is 1.32 bits per heavy atom. The number of rotatable bonds is 6. The van der Waals surface area contributed by atoms with E-state index >= 15 is 0 Å². The number of hydrogen-bond acceptors (Lipinski definition) is 4. The maximum absolute atomic E-state index is 11.3. The molecule has 0 bridgehead atoms. The Kier molecular flexibility index (Phi) is 4.92. The summed E-state index contributed by atoms with van der Waals surface area (Å²) in [5, 5.41) is 0. The summed E-state index contributed by atoms with van der Waals surface area (Å²) in [5.41, 5.74) is 5.38. The number of nitrogens with two attached hydrogens (primary N) is 1. The van der Waals surface area contributed by atoms with Crippen LogP contribution in [0.3, 0.4) is 0 Å². The molecule has 0 aliphatic heterocycles. The first-order valence-corrected chi connectivity index (χ1v) is 8.16. The van der Waals surface area contributed by atoms with Crippen molar-refractivity contribution in [2.24, 2.45) is 11.1 Å². The molecule has 1 aromatic carbocycles. The van der Waals surface area contributed by atoms with Gasteiger partial charge in [-0.1, -0.05) is 26.1 Å². The monoisotopic (exact) mass is 301 g/mol. The number of sulfone groups is 1. The van der Waals surface area contributed by atoms with E-state index in [9.17, 15) is 8.42 Å². The largest absolute Gasteiger partial charge is 0.494 e. The summed E-state index contributed by atoms with van der Waals surface area (Å²) in [6, 6.07) is 6.35.